The smallest absolute Gasteiger partial charge is 0.227 e. The van der Waals surface area contributed by atoms with Gasteiger partial charge in [0.25, 0.3) is 0 Å². The zero-order valence-electron chi connectivity index (χ0n) is 14.2. The summed E-state index contributed by atoms with van der Waals surface area (Å²) in [4.78, 5) is 13.7. The SMILES string of the molecule is Nc1nc(N2CCN(Cc3ccc(Cl)cc3Cl)CC2)nc2ccccc12. The van der Waals surface area contributed by atoms with Gasteiger partial charge >= 0.3 is 0 Å². The highest BCUT2D eigenvalue weighted by molar-refractivity contribution is 6.35. The van der Waals surface area contributed by atoms with Gasteiger partial charge in [-0.1, -0.05) is 41.4 Å². The summed E-state index contributed by atoms with van der Waals surface area (Å²) in [6.45, 7) is 4.33. The maximum atomic E-state index is 6.29. The average Bonchev–Trinajstić information content (AvgIpc) is 2.65. The molecule has 0 atom stereocenters. The lowest BCUT2D eigenvalue weighted by molar-refractivity contribution is 0.249. The van der Waals surface area contributed by atoms with Crippen molar-refractivity contribution in [2.75, 3.05) is 36.8 Å². The van der Waals surface area contributed by atoms with Crippen molar-refractivity contribution in [2.24, 2.45) is 0 Å². The van der Waals surface area contributed by atoms with Crippen LogP contribution in [0.2, 0.25) is 10.0 Å². The fourth-order valence-electron chi connectivity index (χ4n) is 3.23. The molecule has 134 valence electrons. The third-order valence-electron chi connectivity index (χ3n) is 4.69. The van der Waals surface area contributed by atoms with E-state index in [1.165, 1.54) is 0 Å². The highest BCUT2D eigenvalue weighted by atomic mass is 35.5. The number of rotatable bonds is 3. The minimum atomic E-state index is 0.529. The molecule has 0 spiro atoms. The second-order valence-electron chi connectivity index (χ2n) is 6.42. The van der Waals surface area contributed by atoms with Crippen LogP contribution in [0.5, 0.6) is 0 Å². The lowest BCUT2D eigenvalue weighted by atomic mass is 10.2. The molecule has 1 aromatic heterocycles. The summed E-state index contributed by atoms with van der Waals surface area (Å²) >= 11 is 12.3. The molecule has 7 heteroatoms. The number of nitrogens with zero attached hydrogens (tertiary/aromatic N) is 4. The number of hydrogen-bond acceptors (Lipinski definition) is 5. The topological polar surface area (TPSA) is 58.3 Å². The van der Waals surface area contributed by atoms with Crippen LogP contribution < -0.4 is 10.6 Å². The number of piperazine rings is 1. The van der Waals surface area contributed by atoms with Crippen LogP contribution in [0.25, 0.3) is 10.9 Å². The van der Waals surface area contributed by atoms with Crippen LogP contribution in [0.4, 0.5) is 11.8 Å². The predicted molar refractivity (Wildman–Crippen MR) is 108 cm³/mol. The normalized spacial score (nSPS) is 15.5. The number of nitrogen functional groups attached to an aromatic ring is 1. The molecule has 0 aliphatic carbocycles. The predicted octanol–water partition coefficient (Wildman–Crippen LogP) is 3.84. The van der Waals surface area contributed by atoms with Crippen LogP contribution in [-0.2, 0) is 6.54 Å². The number of benzene rings is 2. The second kappa shape index (κ2) is 7.27. The fraction of sp³-hybridized carbons (Fsp3) is 0.263. The molecule has 2 N–H and O–H groups in total. The Bertz CT molecular complexity index is 938. The van der Waals surface area contributed by atoms with Gasteiger partial charge in [-0.2, -0.15) is 4.98 Å². The molecule has 0 amide bonds. The summed E-state index contributed by atoms with van der Waals surface area (Å²) in [5, 5.41) is 2.27. The van der Waals surface area contributed by atoms with E-state index in [0.717, 1.165) is 49.2 Å². The van der Waals surface area contributed by atoms with Gasteiger partial charge in [0, 0.05) is 48.2 Å². The summed E-state index contributed by atoms with van der Waals surface area (Å²) in [5.74, 6) is 1.23. The van der Waals surface area contributed by atoms with E-state index in [9.17, 15) is 0 Å². The molecule has 0 bridgehead atoms. The van der Waals surface area contributed by atoms with Crippen LogP contribution in [-0.4, -0.2) is 41.0 Å². The second-order valence-corrected chi connectivity index (χ2v) is 7.27. The molecule has 0 unspecified atom stereocenters. The summed E-state index contributed by atoms with van der Waals surface area (Å²) < 4.78 is 0. The number of halogens is 2. The Morgan fingerprint density at radius 2 is 1.73 bits per heavy atom. The highest BCUT2D eigenvalue weighted by Crippen LogP contribution is 2.24. The Kier molecular flexibility index (Phi) is 4.85. The Morgan fingerprint density at radius 1 is 0.962 bits per heavy atom. The minimum absolute atomic E-state index is 0.529. The highest BCUT2D eigenvalue weighted by Gasteiger charge is 2.20. The molecule has 26 heavy (non-hydrogen) atoms. The van der Waals surface area contributed by atoms with E-state index in [2.05, 4.69) is 19.8 Å². The zero-order valence-corrected chi connectivity index (χ0v) is 15.7. The summed E-state index contributed by atoms with van der Waals surface area (Å²) in [5.41, 5.74) is 8.08. The molecule has 2 heterocycles. The van der Waals surface area contributed by atoms with Gasteiger partial charge in [-0.3, -0.25) is 4.90 Å². The van der Waals surface area contributed by atoms with Crippen LogP contribution in [0.3, 0.4) is 0 Å². The number of para-hydroxylation sites is 1. The Labute approximate surface area is 162 Å². The lowest BCUT2D eigenvalue weighted by Gasteiger charge is -2.35. The van der Waals surface area contributed by atoms with E-state index < -0.39 is 0 Å². The first-order chi connectivity index (χ1) is 12.6. The Morgan fingerprint density at radius 3 is 2.50 bits per heavy atom. The average molecular weight is 388 g/mol. The molecule has 1 aliphatic rings. The number of aromatic nitrogens is 2. The maximum Gasteiger partial charge on any atom is 0.227 e. The number of hydrogen-bond donors (Lipinski definition) is 1. The quantitative estimate of drug-likeness (QED) is 0.739. The van der Waals surface area contributed by atoms with Crippen molar-refractivity contribution in [3.63, 3.8) is 0 Å². The molecule has 3 aromatic rings. The van der Waals surface area contributed by atoms with Crippen molar-refractivity contribution in [3.8, 4) is 0 Å². The molecule has 0 radical (unpaired) electrons. The van der Waals surface area contributed by atoms with Gasteiger partial charge in [0.2, 0.25) is 5.95 Å². The van der Waals surface area contributed by atoms with Crippen LogP contribution in [0.1, 0.15) is 5.56 Å². The third kappa shape index (κ3) is 3.56. The molecule has 1 aliphatic heterocycles. The fourth-order valence-corrected chi connectivity index (χ4v) is 3.69. The number of nitrogens with two attached hydrogens (primary N) is 1. The van der Waals surface area contributed by atoms with Gasteiger partial charge in [-0.25, -0.2) is 4.98 Å². The first-order valence-corrected chi connectivity index (χ1v) is 9.29. The standard InChI is InChI=1S/C19H19Cl2N5/c20-14-6-5-13(16(21)11-14)12-25-7-9-26(10-8-25)19-23-17-4-2-1-3-15(17)18(22)24-19/h1-6,11H,7-10,12H2,(H2,22,23,24). The van der Waals surface area contributed by atoms with Gasteiger partial charge in [0.15, 0.2) is 0 Å². The molecule has 1 fully saturated rings. The van der Waals surface area contributed by atoms with E-state index in [0.29, 0.717) is 21.8 Å². The molecule has 5 nitrogen and oxygen atoms in total. The van der Waals surface area contributed by atoms with E-state index in [1.54, 1.807) is 6.07 Å². The molecular formula is C19H19Cl2N5. The van der Waals surface area contributed by atoms with E-state index in [-0.39, 0.29) is 0 Å². The zero-order chi connectivity index (χ0) is 18.1. The summed E-state index contributed by atoms with van der Waals surface area (Å²) in [7, 11) is 0. The van der Waals surface area contributed by atoms with Crippen molar-refractivity contribution in [3.05, 3.63) is 58.1 Å². The van der Waals surface area contributed by atoms with E-state index in [1.807, 2.05) is 36.4 Å². The van der Waals surface area contributed by atoms with Gasteiger partial charge < -0.3 is 10.6 Å². The largest absolute Gasteiger partial charge is 0.383 e. The van der Waals surface area contributed by atoms with Crippen molar-refractivity contribution in [1.82, 2.24) is 14.9 Å². The van der Waals surface area contributed by atoms with Crippen LogP contribution in [0.15, 0.2) is 42.5 Å². The van der Waals surface area contributed by atoms with Crippen molar-refractivity contribution in [1.29, 1.82) is 0 Å². The summed E-state index contributed by atoms with van der Waals surface area (Å²) in [6, 6.07) is 13.5. The Balaban J connectivity index is 1.45. The summed E-state index contributed by atoms with van der Waals surface area (Å²) in [6.07, 6.45) is 0. The molecule has 4 rings (SSSR count). The third-order valence-corrected chi connectivity index (χ3v) is 5.27. The minimum Gasteiger partial charge on any atom is -0.383 e. The molecule has 0 saturated carbocycles. The van der Waals surface area contributed by atoms with Gasteiger partial charge in [0.1, 0.15) is 5.82 Å². The number of fused-ring (bicyclic) bond motifs is 1. The molecule has 2 aromatic carbocycles. The maximum absolute atomic E-state index is 6.29. The van der Waals surface area contributed by atoms with E-state index in [4.69, 9.17) is 28.9 Å². The molecular weight excluding hydrogens is 369 g/mol. The van der Waals surface area contributed by atoms with Crippen LogP contribution >= 0.6 is 23.2 Å². The number of anilines is 2. The van der Waals surface area contributed by atoms with E-state index >= 15 is 0 Å². The van der Waals surface area contributed by atoms with Crippen molar-refractivity contribution < 1.29 is 0 Å². The van der Waals surface area contributed by atoms with Crippen molar-refractivity contribution >= 4 is 45.9 Å². The van der Waals surface area contributed by atoms with Crippen LogP contribution in [0, 0.1) is 0 Å². The first-order valence-electron chi connectivity index (χ1n) is 8.53. The Hall–Kier alpha value is -2.08. The van der Waals surface area contributed by atoms with Gasteiger partial charge in [-0.15, -0.1) is 0 Å². The lowest BCUT2D eigenvalue weighted by Crippen LogP contribution is -2.46. The van der Waals surface area contributed by atoms with Crippen molar-refractivity contribution in [2.45, 2.75) is 6.54 Å². The monoisotopic (exact) mass is 387 g/mol. The van der Waals surface area contributed by atoms with Gasteiger partial charge in [-0.05, 0) is 29.8 Å². The van der Waals surface area contributed by atoms with Gasteiger partial charge in [0.05, 0.1) is 5.52 Å². The first kappa shape index (κ1) is 17.3. The molecule has 1 saturated heterocycles.